The average Bonchev–Trinajstić information content (AvgIpc) is 2.32. The fraction of sp³-hybridized carbons (Fsp3) is 1.00. The minimum atomic E-state index is 0.296. The van der Waals surface area contributed by atoms with E-state index in [-0.39, 0.29) is 0 Å². The number of hydrogen-bond donors (Lipinski definition) is 1. The van der Waals surface area contributed by atoms with Gasteiger partial charge in [0.25, 0.3) is 0 Å². The third kappa shape index (κ3) is 4.19. The monoisotopic (exact) mass is 268 g/mol. The van der Waals surface area contributed by atoms with Gasteiger partial charge in [-0.25, -0.2) is 0 Å². The molecule has 114 valence electrons. The van der Waals surface area contributed by atoms with Crippen molar-refractivity contribution in [3.05, 3.63) is 0 Å². The van der Waals surface area contributed by atoms with Gasteiger partial charge < -0.3 is 5.73 Å². The molecule has 0 saturated heterocycles. The smallest absolute Gasteiger partial charge is 0.0255 e. The third-order valence-electron chi connectivity index (χ3n) is 5.05. The molecule has 2 N–H and O–H groups in total. The first kappa shape index (κ1) is 17.0. The van der Waals surface area contributed by atoms with E-state index < -0.39 is 0 Å². The van der Waals surface area contributed by atoms with Crippen LogP contribution < -0.4 is 5.73 Å². The molecule has 1 aliphatic carbocycles. The zero-order valence-electron chi connectivity index (χ0n) is 14.1. The molecule has 0 aliphatic heterocycles. The number of nitrogens with two attached hydrogens (primary N) is 1. The van der Waals surface area contributed by atoms with Crippen LogP contribution in [0.4, 0.5) is 0 Å². The first-order valence-corrected chi connectivity index (χ1v) is 8.34. The molecule has 19 heavy (non-hydrogen) atoms. The van der Waals surface area contributed by atoms with Crippen molar-refractivity contribution < 1.29 is 0 Å². The zero-order valence-corrected chi connectivity index (χ0v) is 14.1. The van der Waals surface area contributed by atoms with Crippen LogP contribution in [0.25, 0.3) is 0 Å². The lowest BCUT2D eigenvalue weighted by Gasteiger charge is -2.49. The van der Waals surface area contributed by atoms with Crippen molar-refractivity contribution >= 4 is 0 Å². The van der Waals surface area contributed by atoms with Crippen LogP contribution in [0, 0.1) is 11.3 Å². The lowest BCUT2D eigenvalue weighted by atomic mass is 9.70. The molecule has 0 aromatic carbocycles. The minimum absolute atomic E-state index is 0.296. The lowest BCUT2D eigenvalue weighted by molar-refractivity contribution is 0.0279. The summed E-state index contributed by atoms with van der Waals surface area (Å²) < 4.78 is 0. The molecule has 0 amide bonds. The summed E-state index contributed by atoms with van der Waals surface area (Å²) in [5.74, 6) is 0.720. The lowest BCUT2D eigenvalue weighted by Crippen LogP contribution is -2.59. The molecular weight excluding hydrogens is 232 g/mol. The fourth-order valence-corrected chi connectivity index (χ4v) is 3.74. The van der Waals surface area contributed by atoms with E-state index in [1.807, 2.05) is 0 Å². The van der Waals surface area contributed by atoms with Crippen molar-refractivity contribution in [1.29, 1.82) is 0 Å². The van der Waals surface area contributed by atoms with Gasteiger partial charge in [-0.3, -0.25) is 4.90 Å². The summed E-state index contributed by atoms with van der Waals surface area (Å²) in [6, 6.07) is 1.60. The highest BCUT2D eigenvalue weighted by Gasteiger charge is 2.40. The van der Waals surface area contributed by atoms with E-state index >= 15 is 0 Å². The van der Waals surface area contributed by atoms with Crippen molar-refractivity contribution in [2.24, 2.45) is 17.1 Å². The van der Waals surface area contributed by atoms with E-state index in [1.54, 1.807) is 0 Å². The molecule has 1 saturated carbocycles. The standard InChI is InChI=1S/C17H36N2/c1-7-14(8-2)19(12-13(3)4)15-10-9-11-17(5,6)16(15)18/h13-16H,7-12,18H2,1-6H3. The second-order valence-corrected chi connectivity index (χ2v) is 7.53. The average molecular weight is 268 g/mol. The molecule has 0 bridgehead atoms. The highest BCUT2D eigenvalue weighted by molar-refractivity contribution is 4.97. The summed E-state index contributed by atoms with van der Waals surface area (Å²) in [6.45, 7) is 15.2. The predicted molar refractivity (Wildman–Crippen MR) is 85.3 cm³/mol. The number of rotatable bonds is 6. The van der Waals surface area contributed by atoms with Crippen molar-refractivity contribution in [2.45, 2.75) is 91.8 Å². The fourth-order valence-electron chi connectivity index (χ4n) is 3.74. The Balaban J connectivity index is 2.89. The Bertz CT molecular complexity index is 256. The maximum atomic E-state index is 6.64. The summed E-state index contributed by atoms with van der Waals surface area (Å²) in [5.41, 5.74) is 6.93. The third-order valence-corrected chi connectivity index (χ3v) is 5.05. The summed E-state index contributed by atoms with van der Waals surface area (Å²) in [6.07, 6.45) is 6.39. The van der Waals surface area contributed by atoms with Crippen LogP contribution in [0.3, 0.4) is 0 Å². The molecule has 1 fully saturated rings. The summed E-state index contributed by atoms with van der Waals surface area (Å²) >= 11 is 0. The van der Waals surface area contributed by atoms with Gasteiger partial charge in [-0.15, -0.1) is 0 Å². The van der Waals surface area contributed by atoms with Crippen LogP contribution in [0.2, 0.25) is 0 Å². The summed E-state index contributed by atoms with van der Waals surface area (Å²) in [4.78, 5) is 2.75. The molecule has 0 aromatic heterocycles. The highest BCUT2D eigenvalue weighted by Crippen LogP contribution is 2.37. The van der Waals surface area contributed by atoms with E-state index in [0.29, 0.717) is 23.5 Å². The molecular formula is C17H36N2. The van der Waals surface area contributed by atoms with Gasteiger partial charge in [0, 0.05) is 24.7 Å². The summed E-state index contributed by atoms with van der Waals surface area (Å²) in [7, 11) is 0. The molecule has 0 spiro atoms. The molecule has 1 aliphatic rings. The van der Waals surface area contributed by atoms with Crippen molar-refractivity contribution in [1.82, 2.24) is 4.90 Å². The van der Waals surface area contributed by atoms with Gasteiger partial charge in [-0.1, -0.05) is 48.0 Å². The van der Waals surface area contributed by atoms with Gasteiger partial charge in [0.05, 0.1) is 0 Å². The molecule has 2 heteroatoms. The zero-order chi connectivity index (χ0) is 14.6. The van der Waals surface area contributed by atoms with Gasteiger partial charge in [0.15, 0.2) is 0 Å². The van der Waals surface area contributed by atoms with E-state index in [1.165, 1.54) is 38.6 Å². The topological polar surface area (TPSA) is 29.3 Å². The van der Waals surface area contributed by atoms with E-state index in [4.69, 9.17) is 5.73 Å². The molecule has 2 atom stereocenters. The van der Waals surface area contributed by atoms with E-state index in [9.17, 15) is 0 Å². The SMILES string of the molecule is CCC(CC)N(CC(C)C)C1CCCC(C)(C)C1N. The van der Waals surface area contributed by atoms with E-state index in [2.05, 4.69) is 46.4 Å². The minimum Gasteiger partial charge on any atom is -0.326 e. The molecule has 1 rings (SSSR count). The first-order chi connectivity index (χ1) is 8.83. The normalized spacial score (nSPS) is 27.5. The quantitative estimate of drug-likeness (QED) is 0.788. The van der Waals surface area contributed by atoms with Crippen LogP contribution in [-0.2, 0) is 0 Å². The van der Waals surface area contributed by atoms with Gasteiger partial charge in [0.2, 0.25) is 0 Å². The van der Waals surface area contributed by atoms with Crippen LogP contribution in [-0.4, -0.2) is 29.6 Å². The van der Waals surface area contributed by atoms with Gasteiger partial charge in [-0.05, 0) is 37.0 Å². The van der Waals surface area contributed by atoms with Gasteiger partial charge in [0.1, 0.15) is 0 Å². The first-order valence-electron chi connectivity index (χ1n) is 8.34. The molecule has 0 heterocycles. The van der Waals surface area contributed by atoms with Crippen molar-refractivity contribution in [3.8, 4) is 0 Å². The largest absolute Gasteiger partial charge is 0.326 e. The Morgan fingerprint density at radius 2 is 1.79 bits per heavy atom. The molecule has 2 nitrogen and oxygen atoms in total. The van der Waals surface area contributed by atoms with Crippen LogP contribution in [0.5, 0.6) is 0 Å². The second-order valence-electron chi connectivity index (χ2n) is 7.53. The molecule has 0 aromatic rings. The maximum absolute atomic E-state index is 6.64. The van der Waals surface area contributed by atoms with Crippen molar-refractivity contribution in [3.63, 3.8) is 0 Å². The maximum Gasteiger partial charge on any atom is 0.0255 e. The molecule has 0 radical (unpaired) electrons. The Hall–Kier alpha value is -0.0800. The van der Waals surface area contributed by atoms with Gasteiger partial charge in [-0.2, -0.15) is 0 Å². The van der Waals surface area contributed by atoms with Gasteiger partial charge >= 0.3 is 0 Å². The Morgan fingerprint density at radius 1 is 1.21 bits per heavy atom. The van der Waals surface area contributed by atoms with Crippen LogP contribution in [0.1, 0.15) is 73.6 Å². The predicted octanol–water partition coefficient (Wildman–Crippen LogP) is 4.04. The highest BCUT2D eigenvalue weighted by atomic mass is 15.2. The second kappa shape index (κ2) is 7.08. The number of hydrogen-bond acceptors (Lipinski definition) is 2. The Kier molecular flexibility index (Phi) is 6.32. The van der Waals surface area contributed by atoms with E-state index in [0.717, 1.165) is 5.92 Å². The summed E-state index contributed by atoms with van der Waals surface area (Å²) in [5, 5.41) is 0. The number of nitrogens with zero attached hydrogens (tertiary/aromatic N) is 1. The Morgan fingerprint density at radius 3 is 2.26 bits per heavy atom. The Labute approximate surface area is 121 Å². The van der Waals surface area contributed by atoms with Crippen LogP contribution in [0.15, 0.2) is 0 Å². The molecule has 2 unspecified atom stereocenters. The van der Waals surface area contributed by atoms with Crippen LogP contribution >= 0.6 is 0 Å². The van der Waals surface area contributed by atoms with Crippen molar-refractivity contribution in [2.75, 3.05) is 6.54 Å².